The zero-order chi connectivity index (χ0) is 15.0. The maximum Gasteiger partial charge on any atom is 0.264 e. The van der Waals surface area contributed by atoms with Crippen LogP contribution in [0.15, 0.2) is 41.0 Å². The van der Waals surface area contributed by atoms with Gasteiger partial charge < -0.3 is 15.5 Å². The molecule has 0 fully saturated rings. The Kier molecular flexibility index (Phi) is 3.43. The van der Waals surface area contributed by atoms with Gasteiger partial charge in [0.15, 0.2) is 0 Å². The third-order valence-electron chi connectivity index (χ3n) is 3.47. The minimum absolute atomic E-state index is 0.169. The lowest BCUT2D eigenvalue weighted by Crippen LogP contribution is -2.26. The van der Waals surface area contributed by atoms with Gasteiger partial charge in [0.25, 0.3) is 5.91 Å². The van der Waals surface area contributed by atoms with E-state index in [1.165, 1.54) is 11.3 Å². The van der Waals surface area contributed by atoms with Gasteiger partial charge in [-0.05, 0) is 31.5 Å². The molecule has 2 aromatic heterocycles. The second-order valence-electron chi connectivity index (χ2n) is 5.01. The van der Waals surface area contributed by atoms with Crippen molar-refractivity contribution in [2.45, 2.75) is 19.9 Å². The summed E-state index contributed by atoms with van der Waals surface area (Å²) in [5.74, 6) is 0.552. The van der Waals surface area contributed by atoms with E-state index in [1.54, 1.807) is 12.3 Å². The van der Waals surface area contributed by atoms with Crippen molar-refractivity contribution in [1.82, 2.24) is 5.32 Å². The van der Waals surface area contributed by atoms with Crippen LogP contribution in [0.1, 0.15) is 34.0 Å². The Bertz CT molecular complexity index is 790. The number of aryl methyl sites for hydroxylation is 1. The number of rotatable bonds is 3. The molecule has 0 saturated carbocycles. The van der Waals surface area contributed by atoms with Gasteiger partial charge in [0.05, 0.1) is 18.0 Å². The lowest BCUT2D eigenvalue weighted by molar-refractivity contribution is 0.0940. The number of fused-ring (bicyclic) bond motifs is 1. The van der Waals surface area contributed by atoms with Gasteiger partial charge in [0, 0.05) is 10.1 Å². The second kappa shape index (κ2) is 5.26. The van der Waals surface area contributed by atoms with Gasteiger partial charge in [-0.3, -0.25) is 4.79 Å². The molecular formula is C16H16N2O2S. The Labute approximate surface area is 126 Å². The quantitative estimate of drug-likeness (QED) is 0.771. The first-order valence-corrected chi connectivity index (χ1v) is 7.51. The predicted octanol–water partition coefficient (Wildman–Crippen LogP) is 3.88. The van der Waals surface area contributed by atoms with Crippen molar-refractivity contribution in [1.29, 1.82) is 0 Å². The minimum atomic E-state index is -0.196. The van der Waals surface area contributed by atoms with E-state index in [2.05, 4.69) is 5.32 Å². The molecule has 4 nitrogen and oxygen atoms in total. The highest BCUT2D eigenvalue weighted by Crippen LogP contribution is 2.35. The molecule has 1 amide bonds. The third-order valence-corrected chi connectivity index (χ3v) is 4.83. The smallest absolute Gasteiger partial charge is 0.264 e. The second-order valence-corrected chi connectivity index (χ2v) is 6.03. The summed E-state index contributed by atoms with van der Waals surface area (Å²) in [5, 5.41) is 3.86. The SMILES string of the molecule is Cc1cccc2c(N)c(C(=O)NC(C)c3ccco3)sc12. The zero-order valence-corrected chi connectivity index (χ0v) is 12.7. The Morgan fingerprint density at radius 2 is 2.14 bits per heavy atom. The van der Waals surface area contributed by atoms with E-state index >= 15 is 0 Å². The monoisotopic (exact) mass is 300 g/mol. The number of amides is 1. The number of nitrogens with one attached hydrogen (secondary N) is 1. The molecule has 2 heterocycles. The highest BCUT2D eigenvalue weighted by molar-refractivity contribution is 7.21. The molecule has 0 aliphatic rings. The van der Waals surface area contributed by atoms with Crippen LogP contribution in [0.25, 0.3) is 10.1 Å². The van der Waals surface area contributed by atoms with Crippen molar-refractivity contribution < 1.29 is 9.21 Å². The number of benzene rings is 1. The number of carbonyl (C=O) groups is 1. The molecule has 3 rings (SSSR count). The average molecular weight is 300 g/mol. The van der Waals surface area contributed by atoms with Crippen molar-refractivity contribution in [3.8, 4) is 0 Å². The molecule has 21 heavy (non-hydrogen) atoms. The fraction of sp³-hybridized carbons (Fsp3) is 0.188. The van der Waals surface area contributed by atoms with Crippen LogP contribution < -0.4 is 11.1 Å². The van der Waals surface area contributed by atoms with Crippen LogP contribution in [-0.4, -0.2) is 5.91 Å². The van der Waals surface area contributed by atoms with Crippen LogP contribution in [0.3, 0.4) is 0 Å². The molecule has 0 aliphatic heterocycles. The Morgan fingerprint density at radius 3 is 2.81 bits per heavy atom. The zero-order valence-electron chi connectivity index (χ0n) is 11.8. The fourth-order valence-electron chi connectivity index (χ4n) is 2.32. The van der Waals surface area contributed by atoms with E-state index in [0.29, 0.717) is 10.6 Å². The third kappa shape index (κ3) is 2.40. The van der Waals surface area contributed by atoms with E-state index in [4.69, 9.17) is 10.2 Å². The summed E-state index contributed by atoms with van der Waals surface area (Å²) in [4.78, 5) is 13.0. The molecule has 3 aromatic rings. The number of nitrogen functional groups attached to an aromatic ring is 1. The topological polar surface area (TPSA) is 68.3 Å². The summed E-state index contributed by atoms with van der Waals surface area (Å²) < 4.78 is 6.36. The van der Waals surface area contributed by atoms with Gasteiger partial charge in [-0.15, -0.1) is 11.3 Å². The molecule has 0 radical (unpaired) electrons. The molecule has 3 N–H and O–H groups in total. The standard InChI is InChI=1S/C16H16N2O2S/c1-9-5-3-6-11-13(17)15(21-14(9)11)16(19)18-10(2)12-7-4-8-20-12/h3-8,10H,17H2,1-2H3,(H,18,19). The number of carbonyl (C=O) groups excluding carboxylic acids is 1. The number of nitrogens with two attached hydrogens (primary N) is 1. The summed E-state index contributed by atoms with van der Waals surface area (Å²) >= 11 is 1.43. The molecule has 1 atom stereocenters. The maximum absolute atomic E-state index is 12.4. The molecule has 108 valence electrons. The summed E-state index contributed by atoms with van der Waals surface area (Å²) in [6.07, 6.45) is 1.59. The number of furan rings is 1. The summed E-state index contributed by atoms with van der Waals surface area (Å²) in [6.45, 7) is 3.90. The van der Waals surface area contributed by atoms with E-state index in [1.807, 2.05) is 38.1 Å². The van der Waals surface area contributed by atoms with Crippen LogP contribution >= 0.6 is 11.3 Å². The maximum atomic E-state index is 12.4. The first-order chi connectivity index (χ1) is 10.1. The van der Waals surface area contributed by atoms with Crippen LogP contribution in [0.4, 0.5) is 5.69 Å². The van der Waals surface area contributed by atoms with E-state index in [9.17, 15) is 4.79 Å². The molecule has 0 bridgehead atoms. The molecule has 1 unspecified atom stereocenters. The lowest BCUT2D eigenvalue weighted by atomic mass is 10.1. The van der Waals surface area contributed by atoms with Crippen molar-refractivity contribution in [2.75, 3.05) is 5.73 Å². The van der Waals surface area contributed by atoms with Gasteiger partial charge in [-0.1, -0.05) is 18.2 Å². The molecule has 5 heteroatoms. The minimum Gasteiger partial charge on any atom is -0.467 e. The number of hydrogen-bond donors (Lipinski definition) is 2. The predicted molar refractivity (Wildman–Crippen MR) is 85.6 cm³/mol. The van der Waals surface area contributed by atoms with Crippen LogP contribution in [-0.2, 0) is 0 Å². The molecule has 0 saturated heterocycles. The fourth-order valence-corrected chi connectivity index (χ4v) is 3.41. The lowest BCUT2D eigenvalue weighted by Gasteiger charge is -2.10. The number of thiophene rings is 1. The van der Waals surface area contributed by atoms with Gasteiger partial charge in [-0.25, -0.2) is 0 Å². The molecule has 1 aromatic carbocycles. The first kappa shape index (κ1) is 13.7. The Balaban J connectivity index is 1.91. The van der Waals surface area contributed by atoms with E-state index in [-0.39, 0.29) is 11.9 Å². The normalized spacial score (nSPS) is 12.5. The highest BCUT2D eigenvalue weighted by atomic mass is 32.1. The molecular weight excluding hydrogens is 284 g/mol. The Hall–Kier alpha value is -2.27. The van der Waals surface area contributed by atoms with Gasteiger partial charge in [-0.2, -0.15) is 0 Å². The van der Waals surface area contributed by atoms with Crippen molar-refractivity contribution in [3.63, 3.8) is 0 Å². The van der Waals surface area contributed by atoms with Crippen LogP contribution in [0.2, 0.25) is 0 Å². The summed E-state index contributed by atoms with van der Waals surface area (Å²) in [5.41, 5.74) is 7.80. The summed E-state index contributed by atoms with van der Waals surface area (Å²) in [6, 6.07) is 9.36. The summed E-state index contributed by atoms with van der Waals surface area (Å²) in [7, 11) is 0. The van der Waals surface area contributed by atoms with Crippen molar-refractivity contribution in [3.05, 3.63) is 52.8 Å². The van der Waals surface area contributed by atoms with Crippen LogP contribution in [0, 0.1) is 6.92 Å². The average Bonchev–Trinajstić information content (AvgIpc) is 3.08. The van der Waals surface area contributed by atoms with Gasteiger partial charge in [0.1, 0.15) is 10.6 Å². The van der Waals surface area contributed by atoms with E-state index < -0.39 is 0 Å². The van der Waals surface area contributed by atoms with E-state index in [0.717, 1.165) is 21.4 Å². The molecule has 0 aliphatic carbocycles. The number of anilines is 1. The highest BCUT2D eigenvalue weighted by Gasteiger charge is 2.20. The largest absolute Gasteiger partial charge is 0.467 e. The van der Waals surface area contributed by atoms with Crippen molar-refractivity contribution >= 4 is 33.0 Å². The first-order valence-electron chi connectivity index (χ1n) is 6.69. The van der Waals surface area contributed by atoms with Gasteiger partial charge in [0.2, 0.25) is 0 Å². The van der Waals surface area contributed by atoms with Gasteiger partial charge >= 0.3 is 0 Å². The van der Waals surface area contributed by atoms with Crippen molar-refractivity contribution in [2.24, 2.45) is 0 Å². The molecule has 0 spiro atoms. The number of hydrogen-bond acceptors (Lipinski definition) is 4. The Morgan fingerprint density at radius 1 is 1.33 bits per heavy atom. The van der Waals surface area contributed by atoms with Crippen LogP contribution in [0.5, 0.6) is 0 Å².